The summed E-state index contributed by atoms with van der Waals surface area (Å²) in [6.45, 7) is 18.3. The molecule has 2 N–H and O–H groups in total. The molecule has 0 radical (unpaired) electrons. The molecule has 0 spiro atoms. The van der Waals surface area contributed by atoms with E-state index in [2.05, 4.69) is 58.4 Å². The molecular formula is C18H36N6O2. The first-order valence-corrected chi connectivity index (χ1v) is 9.60. The number of nitrogens with one attached hydrogen (secondary N) is 2. The van der Waals surface area contributed by atoms with Gasteiger partial charge >= 0.3 is 0 Å². The van der Waals surface area contributed by atoms with Gasteiger partial charge in [-0.3, -0.25) is 4.90 Å². The highest BCUT2D eigenvalue weighted by molar-refractivity contribution is 5.79. The van der Waals surface area contributed by atoms with Gasteiger partial charge in [-0.2, -0.15) is 4.98 Å². The Labute approximate surface area is 157 Å². The summed E-state index contributed by atoms with van der Waals surface area (Å²) in [5.74, 6) is 1.78. The fraction of sp³-hybridized carbons (Fsp3) is 0.833. The average Bonchev–Trinajstić information content (AvgIpc) is 3.05. The van der Waals surface area contributed by atoms with Crippen LogP contribution in [-0.2, 0) is 11.3 Å². The molecule has 0 saturated heterocycles. The first-order valence-electron chi connectivity index (χ1n) is 9.60. The van der Waals surface area contributed by atoms with Crippen LogP contribution in [0.15, 0.2) is 9.52 Å². The van der Waals surface area contributed by atoms with Gasteiger partial charge in [0.2, 0.25) is 5.89 Å². The number of hydrogen-bond donors (Lipinski definition) is 2. The van der Waals surface area contributed by atoms with Crippen molar-refractivity contribution in [3.05, 3.63) is 11.7 Å². The van der Waals surface area contributed by atoms with Crippen molar-refractivity contribution in [2.24, 2.45) is 4.99 Å². The minimum Gasteiger partial charge on any atom is -0.371 e. The van der Waals surface area contributed by atoms with Gasteiger partial charge in [-0.1, -0.05) is 5.16 Å². The second-order valence-electron chi connectivity index (χ2n) is 6.69. The lowest BCUT2D eigenvalue weighted by Gasteiger charge is -2.30. The van der Waals surface area contributed by atoms with Crippen molar-refractivity contribution >= 4 is 5.96 Å². The Morgan fingerprint density at radius 3 is 2.42 bits per heavy atom. The van der Waals surface area contributed by atoms with Crippen molar-refractivity contribution in [2.45, 2.75) is 73.2 Å². The Morgan fingerprint density at radius 1 is 1.15 bits per heavy atom. The molecule has 26 heavy (non-hydrogen) atoms. The molecule has 1 atom stereocenters. The summed E-state index contributed by atoms with van der Waals surface area (Å²) in [7, 11) is 0. The molecule has 8 nitrogen and oxygen atoms in total. The van der Waals surface area contributed by atoms with Gasteiger partial charge in [-0.05, 0) is 48.5 Å². The number of hydrogen-bond acceptors (Lipinski definition) is 6. The van der Waals surface area contributed by atoms with Crippen LogP contribution in [0.4, 0.5) is 0 Å². The van der Waals surface area contributed by atoms with Crippen molar-refractivity contribution in [2.75, 3.05) is 26.2 Å². The average molecular weight is 369 g/mol. The first-order chi connectivity index (χ1) is 12.4. The maximum Gasteiger partial charge on any atom is 0.248 e. The second-order valence-corrected chi connectivity index (χ2v) is 6.69. The number of rotatable bonds is 11. The van der Waals surface area contributed by atoms with Crippen LogP contribution < -0.4 is 10.6 Å². The molecule has 0 fully saturated rings. The van der Waals surface area contributed by atoms with Crippen LogP contribution in [0, 0.1) is 0 Å². The second kappa shape index (κ2) is 11.9. The minimum absolute atomic E-state index is 0.175. The largest absolute Gasteiger partial charge is 0.371 e. The number of aromatic nitrogens is 2. The summed E-state index contributed by atoms with van der Waals surface area (Å²) >= 11 is 0. The zero-order valence-corrected chi connectivity index (χ0v) is 17.4. The predicted octanol–water partition coefficient (Wildman–Crippen LogP) is 2.34. The van der Waals surface area contributed by atoms with Gasteiger partial charge < -0.3 is 19.9 Å². The van der Waals surface area contributed by atoms with E-state index in [-0.39, 0.29) is 6.10 Å². The van der Waals surface area contributed by atoms with Crippen molar-refractivity contribution < 1.29 is 9.26 Å². The smallest absolute Gasteiger partial charge is 0.248 e. The highest BCUT2D eigenvalue weighted by Crippen LogP contribution is 2.12. The van der Waals surface area contributed by atoms with Gasteiger partial charge in [-0.15, -0.1) is 0 Å². The summed E-state index contributed by atoms with van der Waals surface area (Å²) in [5, 5.41) is 10.6. The molecule has 1 aromatic rings. The lowest BCUT2D eigenvalue weighted by Crippen LogP contribution is -2.45. The van der Waals surface area contributed by atoms with Gasteiger partial charge in [0.05, 0.1) is 0 Å². The third-order valence-corrected chi connectivity index (χ3v) is 3.97. The van der Waals surface area contributed by atoms with E-state index in [1.54, 1.807) is 0 Å². The third-order valence-electron chi connectivity index (χ3n) is 3.97. The van der Waals surface area contributed by atoms with Crippen molar-refractivity contribution in [1.29, 1.82) is 0 Å². The van der Waals surface area contributed by atoms with E-state index in [9.17, 15) is 0 Å². The van der Waals surface area contributed by atoms with Crippen molar-refractivity contribution in [3.63, 3.8) is 0 Å². The lowest BCUT2D eigenvalue weighted by molar-refractivity contribution is 0.0683. The van der Waals surface area contributed by atoms with Crippen LogP contribution in [0.1, 0.15) is 66.3 Å². The van der Waals surface area contributed by atoms with Crippen LogP contribution in [0.2, 0.25) is 0 Å². The van der Waals surface area contributed by atoms with Crippen LogP contribution in [0.3, 0.4) is 0 Å². The molecule has 1 aromatic heterocycles. The topological polar surface area (TPSA) is 87.8 Å². The summed E-state index contributed by atoms with van der Waals surface area (Å²) < 4.78 is 10.7. The third kappa shape index (κ3) is 7.70. The number of guanidine groups is 1. The number of aliphatic imine (C=N–C) groups is 1. The Morgan fingerprint density at radius 2 is 1.85 bits per heavy atom. The van der Waals surface area contributed by atoms with E-state index in [4.69, 9.17) is 9.26 Å². The van der Waals surface area contributed by atoms with Crippen LogP contribution in [-0.4, -0.2) is 59.3 Å². The van der Waals surface area contributed by atoms with Gasteiger partial charge in [0.1, 0.15) is 12.6 Å². The van der Waals surface area contributed by atoms with E-state index in [0.29, 0.717) is 37.0 Å². The Hall–Kier alpha value is -1.67. The Kier molecular flexibility index (Phi) is 10.2. The van der Waals surface area contributed by atoms with E-state index in [0.717, 1.165) is 25.6 Å². The maximum absolute atomic E-state index is 5.47. The monoisotopic (exact) mass is 368 g/mol. The SMILES string of the molecule is CCNC(=NCc1nc(C(C)OCC)no1)NCCN(C(C)C)C(C)C. The number of ether oxygens (including phenoxy) is 1. The van der Waals surface area contributed by atoms with Crippen molar-refractivity contribution in [3.8, 4) is 0 Å². The van der Waals surface area contributed by atoms with Gasteiger partial charge in [0.25, 0.3) is 0 Å². The highest BCUT2D eigenvalue weighted by atomic mass is 16.5. The molecule has 0 aliphatic rings. The maximum atomic E-state index is 5.47. The fourth-order valence-electron chi connectivity index (χ4n) is 2.73. The summed E-state index contributed by atoms with van der Waals surface area (Å²) in [6.07, 6.45) is -0.175. The van der Waals surface area contributed by atoms with E-state index < -0.39 is 0 Å². The molecule has 0 saturated carbocycles. The fourth-order valence-corrected chi connectivity index (χ4v) is 2.73. The Balaban J connectivity index is 2.58. The molecule has 1 unspecified atom stereocenters. The molecule has 1 rings (SSSR count). The zero-order chi connectivity index (χ0) is 19.5. The minimum atomic E-state index is -0.175. The predicted molar refractivity (Wildman–Crippen MR) is 104 cm³/mol. The van der Waals surface area contributed by atoms with E-state index >= 15 is 0 Å². The van der Waals surface area contributed by atoms with E-state index in [1.807, 2.05) is 20.8 Å². The standard InChI is InChI=1S/C18H36N6O2/c1-8-19-18(20-10-11-24(13(3)4)14(5)6)21-12-16-22-17(23-26-16)15(7)25-9-2/h13-15H,8-12H2,1-7H3,(H2,19,20,21). The quantitative estimate of drug-likeness (QED) is 0.458. The Bertz CT molecular complexity index is 522. The molecule has 150 valence electrons. The molecule has 0 aromatic carbocycles. The van der Waals surface area contributed by atoms with Gasteiger partial charge in [-0.25, -0.2) is 4.99 Å². The van der Waals surface area contributed by atoms with Gasteiger partial charge in [0, 0.05) is 38.3 Å². The molecule has 1 heterocycles. The molecule has 0 aliphatic carbocycles. The number of nitrogens with zero attached hydrogens (tertiary/aromatic N) is 4. The van der Waals surface area contributed by atoms with Crippen LogP contribution in [0.25, 0.3) is 0 Å². The van der Waals surface area contributed by atoms with Crippen LogP contribution in [0.5, 0.6) is 0 Å². The normalized spacial score (nSPS) is 13.7. The van der Waals surface area contributed by atoms with Gasteiger partial charge in [0.15, 0.2) is 11.8 Å². The van der Waals surface area contributed by atoms with E-state index in [1.165, 1.54) is 0 Å². The summed E-state index contributed by atoms with van der Waals surface area (Å²) in [6, 6.07) is 1.03. The van der Waals surface area contributed by atoms with Crippen LogP contribution >= 0.6 is 0 Å². The zero-order valence-electron chi connectivity index (χ0n) is 17.4. The summed E-state index contributed by atoms with van der Waals surface area (Å²) in [5.41, 5.74) is 0. The highest BCUT2D eigenvalue weighted by Gasteiger charge is 2.14. The first kappa shape index (κ1) is 22.4. The summed E-state index contributed by atoms with van der Waals surface area (Å²) in [4.78, 5) is 11.3. The molecule has 8 heteroatoms. The lowest BCUT2D eigenvalue weighted by atomic mass is 10.2. The molecule has 0 aliphatic heterocycles. The van der Waals surface area contributed by atoms with Crippen molar-refractivity contribution in [1.82, 2.24) is 25.7 Å². The molecule has 0 bridgehead atoms. The molecular weight excluding hydrogens is 332 g/mol. The molecule has 0 amide bonds.